The van der Waals surface area contributed by atoms with E-state index in [2.05, 4.69) is 126 Å². The second-order valence-electron chi connectivity index (χ2n) is 13.8. The van der Waals surface area contributed by atoms with Crippen LogP contribution in [0.5, 0.6) is 0 Å². The van der Waals surface area contributed by atoms with Crippen molar-refractivity contribution >= 4 is 40.2 Å². The molecule has 4 aromatic carbocycles. The SMILES string of the molecule is C(C=Cc1ccccc1)=Cc1ccccc1.CC(C)(C)[NH][Ti]([CH3])([CH3])[C]1=CCc2c(ccc3ccccc23)C1.O=CC1CCCC1.[SiH4]. The topological polar surface area (TPSA) is 29.1 Å². The molecular formula is C42H55NOSiTi. The average molecular weight is 666 g/mol. The van der Waals surface area contributed by atoms with Crippen molar-refractivity contribution in [1.82, 2.24) is 3.80 Å². The van der Waals surface area contributed by atoms with Crippen molar-refractivity contribution in [2.24, 2.45) is 5.92 Å². The summed E-state index contributed by atoms with van der Waals surface area (Å²) in [7, 11) is 0. The van der Waals surface area contributed by atoms with E-state index in [0.717, 1.165) is 32.0 Å². The van der Waals surface area contributed by atoms with Crippen molar-refractivity contribution in [3.8, 4) is 0 Å². The van der Waals surface area contributed by atoms with Crippen molar-refractivity contribution in [2.45, 2.75) is 75.3 Å². The fourth-order valence-corrected chi connectivity index (χ4v) is 11.5. The Morgan fingerprint density at radius 2 is 1.28 bits per heavy atom. The molecule has 0 aromatic heterocycles. The van der Waals surface area contributed by atoms with Gasteiger partial charge in [-0.05, 0) is 34.9 Å². The summed E-state index contributed by atoms with van der Waals surface area (Å²) in [6.07, 6.45) is 19.0. The van der Waals surface area contributed by atoms with E-state index < -0.39 is 16.8 Å². The molecule has 0 heterocycles. The number of carbonyl (C=O) groups is 1. The zero-order valence-corrected chi connectivity index (χ0v) is 29.5. The molecule has 4 heteroatoms. The molecule has 0 spiro atoms. The molecule has 0 amide bonds. The van der Waals surface area contributed by atoms with E-state index >= 15 is 0 Å². The quantitative estimate of drug-likeness (QED) is 0.126. The third-order valence-corrected chi connectivity index (χ3v) is 13.7. The van der Waals surface area contributed by atoms with E-state index in [4.69, 9.17) is 0 Å². The fraction of sp³-hybridized carbons (Fsp3) is 0.310. The molecular weight excluding hydrogens is 610 g/mol. The van der Waals surface area contributed by atoms with Gasteiger partial charge in [-0.2, -0.15) is 0 Å². The molecule has 0 saturated heterocycles. The first-order valence-electron chi connectivity index (χ1n) is 16.5. The largest absolute Gasteiger partial charge is 0.303 e. The molecule has 0 aliphatic heterocycles. The predicted molar refractivity (Wildman–Crippen MR) is 204 cm³/mol. The van der Waals surface area contributed by atoms with Crippen LogP contribution in [0.25, 0.3) is 22.9 Å². The maximum absolute atomic E-state index is 10.0. The molecule has 0 bridgehead atoms. The van der Waals surface area contributed by atoms with Crippen LogP contribution >= 0.6 is 0 Å². The third-order valence-electron chi connectivity index (χ3n) is 8.44. The van der Waals surface area contributed by atoms with Crippen molar-refractivity contribution in [3.63, 3.8) is 0 Å². The molecule has 1 fully saturated rings. The summed E-state index contributed by atoms with van der Waals surface area (Å²) >= 11 is -2.12. The van der Waals surface area contributed by atoms with Gasteiger partial charge in [0.1, 0.15) is 6.29 Å². The van der Waals surface area contributed by atoms with Crippen LogP contribution in [0.2, 0.25) is 10.5 Å². The van der Waals surface area contributed by atoms with Gasteiger partial charge in [-0.1, -0.05) is 97.8 Å². The van der Waals surface area contributed by atoms with E-state index in [1.54, 1.807) is 3.88 Å². The monoisotopic (exact) mass is 665 g/mol. The minimum atomic E-state index is -2.12. The molecule has 0 radical (unpaired) electrons. The molecule has 2 aliphatic carbocycles. The molecule has 0 atom stereocenters. The summed E-state index contributed by atoms with van der Waals surface area (Å²) in [6.45, 7) is 6.85. The maximum Gasteiger partial charge on any atom is 0.123 e. The number of hydrogen-bond acceptors (Lipinski definition) is 2. The Hall–Kier alpha value is -3.08. The number of benzene rings is 4. The number of aldehydes is 1. The van der Waals surface area contributed by atoms with Gasteiger partial charge >= 0.3 is 139 Å². The Bertz CT molecular complexity index is 1550. The first-order chi connectivity index (χ1) is 21.6. The Morgan fingerprint density at radius 3 is 1.80 bits per heavy atom. The number of nitrogens with one attached hydrogen (secondary N) is 1. The summed E-state index contributed by atoms with van der Waals surface area (Å²) in [5, 5.41) is 7.78. The molecule has 2 aliphatic rings. The van der Waals surface area contributed by atoms with Crippen molar-refractivity contribution in [3.05, 3.63) is 141 Å². The summed E-state index contributed by atoms with van der Waals surface area (Å²) in [5.41, 5.74) is 5.72. The van der Waals surface area contributed by atoms with E-state index in [-0.39, 0.29) is 16.5 Å². The number of hydrogen-bond donors (Lipinski definition) is 1. The molecule has 0 unspecified atom stereocenters. The van der Waals surface area contributed by atoms with Gasteiger partial charge in [0.05, 0.1) is 0 Å². The number of fused-ring (bicyclic) bond motifs is 3. The van der Waals surface area contributed by atoms with Gasteiger partial charge in [0.25, 0.3) is 0 Å². The van der Waals surface area contributed by atoms with E-state index in [1.165, 1.54) is 45.9 Å². The Labute approximate surface area is 286 Å². The van der Waals surface area contributed by atoms with Crippen LogP contribution < -0.4 is 3.80 Å². The Morgan fingerprint density at radius 1 is 0.739 bits per heavy atom. The summed E-state index contributed by atoms with van der Waals surface area (Å²) in [5.74, 6) is 0.417. The van der Waals surface area contributed by atoms with Gasteiger partial charge in [0, 0.05) is 5.92 Å². The molecule has 242 valence electrons. The van der Waals surface area contributed by atoms with Gasteiger partial charge in [-0.15, -0.1) is 0 Å². The molecule has 4 aromatic rings. The summed E-state index contributed by atoms with van der Waals surface area (Å²) < 4.78 is 5.64. The van der Waals surface area contributed by atoms with Crippen LogP contribution in [0.1, 0.15) is 68.7 Å². The van der Waals surface area contributed by atoms with Crippen molar-refractivity contribution < 1.29 is 21.6 Å². The Kier molecular flexibility index (Phi) is 14.9. The number of rotatable bonds is 6. The average Bonchev–Trinajstić information content (AvgIpc) is 3.58. The standard InChI is InChI=1S/C16H14.C14H11.C6H10O.C4H10N.2CH3.H4Si.Ti/c1-3-9-15(10-4-1)13-7-8-14-16-11-5-2-6-12-16;1-3-7-13-11(5-1)9-10-12-6-2-4-8-14(12)13;7-5-6-3-1-2-4-6;1-4(2,3)5;;;;/h1-14H;1,3-5,7,9-10H,6,8H2;5-6H,1-4H2;5H,1-3H3;2*1H3;1H4;/q;;;-1;;;;+1. The minimum Gasteiger partial charge on any atom is -0.303 e. The van der Waals surface area contributed by atoms with Gasteiger partial charge in [-0.25, -0.2) is 0 Å². The van der Waals surface area contributed by atoms with Crippen molar-refractivity contribution in [1.29, 1.82) is 0 Å². The van der Waals surface area contributed by atoms with Gasteiger partial charge in [-0.3, -0.25) is 0 Å². The van der Waals surface area contributed by atoms with Gasteiger partial charge < -0.3 is 4.79 Å². The molecule has 1 N–H and O–H groups in total. The maximum atomic E-state index is 10.0. The molecule has 1 saturated carbocycles. The summed E-state index contributed by atoms with van der Waals surface area (Å²) in [6, 6.07) is 34.0. The zero-order chi connectivity index (χ0) is 32.1. The molecule has 46 heavy (non-hydrogen) atoms. The van der Waals surface area contributed by atoms with E-state index in [9.17, 15) is 4.79 Å². The summed E-state index contributed by atoms with van der Waals surface area (Å²) in [4.78, 5) is 10.0. The zero-order valence-electron chi connectivity index (χ0n) is 27.9. The predicted octanol–water partition coefficient (Wildman–Crippen LogP) is 9.71. The van der Waals surface area contributed by atoms with Gasteiger partial charge in [0.15, 0.2) is 0 Å². The fourth-order valence-electron chi connectivity index (χ4n) is 6.34. The molecule has 6 rings (SSSR count). The van der Waals surface area contributed by atoms with Crippen molar-refractivity contribution in [2.75, 3.05) is 0 Å². The van der Waals surface area contributed by atoms with Crippen LogP contribution in [-0.2, 0) is 34.5 Å². The third kappa shape index (κ3) is 11.9. The van der Waals surface area contributed by atoms with Crippen LogP contribution in [0, 0.1) is 5.92 Å². The van der Waals surface area contributed by atoms with E-state index in [0.29, 0.717) is 5.92 Å². The first-order valence-corrected chi connectivity index (χ1v) is 21.2. The second kappa shape index (κ2) is 18.3. The van der Waals surface area contributed by atoms with Crippen LogP contribution in [0.15, 0.2) is 119 Å². The smallest absolute Gasteiger partial charge is 0.123 e. The van der Waals surface area contributed by atoms with Crippen LogP contribution in [0.4, 0.5) is 0 Å². The van der Waals surface area contributed by atoms with Gasteiger partial charge in [0.2, 0.25) is 0 Å². The normalized spacial score (nSPS) is 14.8. The second-order valence-corrected chi connectivity index (χ2v) is 20.2. The van der Waals surface area contributed by atoms with Crippen LogP contribution in [0.3, 0.4) is 0 Å². The van der Waals surface area contributed by atoms with E-state index in [1.807, 2.05) is 36.4 Å². The number of allylic oxidation sites excluding steroid dienone is 4. The Balaban J connectivity index is 0.000000210. The number of carbonyl (C=O) groups excluding carboxylic acids is 1. The molecule has 2 nitrogen and oxygen atoms in total. The minimum absolute atomic E-state index is 0. The first kappa shape index (κ1) is 37.4. The van der Waals surface area contributed by atoms with Crippen LogP contribution in [-0.4, -0.2) is 22.8 Å².